The molecule has 84 valence electrons. The van der Waals surface area contributed by atoms with Gasteiger partial charge in [-0.3, -0.25) is 0 Å². The van der Waals surface area contributed by atoms with Crippen molar-refractivity contribution in [3.05, 3.63) is 0 Å². The van der Waals surface area contributed by atoms with Crippen LogP contribution in [0, 0.1) is 5.92 Å². The minimum Gasteiger partial charge on any atom is -0.316 e. The zero-order valence-electron chi connectivity index (χ0n) is 8.81. The summed E-state index contributed by atoms with van der Waals surface area (Å²) >= 11 is 0. The lowest BCUT2D eigenvalue weighted by molar-refractivity contribution is 0.0991. The summed E-state index contributed by atoms with van der Waals surface area (Å²) in [5.74, 6) is 0.773. The summed E-state index contributed by atoms with van der Waals surface area (Å²) in [6, 6.07) is 0. The molecule has 0 aromatic rings. The van der Waals surface area contributed by atoms with Crippen molar-refractivity contribution in [2.75, 3.05) is 33.2 Å². The second kappa shape index (κ2) is 6.30. The van der Waals surface area contributed by atoms with Crippen molar-refractivity contribution in [2.45, 2.75) is 25.7 Å². The fourth-order valence-electron chi connectivity index (χ4n) is 1.94. The maximum atomic E-state index is 12.0. The highest BCUT2D eigenvalue weighted by Crippen LogP contribution is 2.14. The Morgan fingerprint density at radius 2 is 2.29 bits per heavy atom. The molecule has 1 atom stereocenters. The molecule has 1 heterocycles. The molecule has 1 saturated heterocycles. The van der Waals surface area contributed by atoms with Crippen LogP contribution in [0.2, 0.25) is 0 Å². The van der Waals surface area contributed by atoms with Crippen molar-refractivity contribution in [2.24, 2.45) is 5.92 Å². The summed E-state index contributed by atoms with van der Waals surface area (Å²) in [4.78, 5) is 1.72. The number of nitrogens with one attached hydrogen (secondary N) is 1. The van der Waals surface area contributed by atoms with Gasteiger partial charge < -0.3 is 10.2 Å². The molecule has 0 spiro atoms. The minimum absolute atomic E-state index is 0.0943. The van der Waals surface area contributed by atoms with Gasteiger partial charge in [-0.15, -0.1) is 0 Å². The molecule has 0 saturated carbocycles. The van der Waals surface area contributed by atoms with Gasteiger partial charge in [-0.25, -0.2) is 8.78 Å². The zero-order valence-corrected chi connectivity index (χ0v) is 8.81. The van der Waals surface area contributed by atoms with Crippen LogP contribution in [0.5, 0.6) is 0 Å². The predicted molar refractivity (Wildman–Crippen MR) is 53.7 cm³/mol. The molecule has 1 unspecified atom stereocenters. The van der Waals surface area contributed by atoms with Gasteiger partial charge in [0, 0.05) is 0 Å². The van der Waals surface area contributed by atoms with Crippen LogP contribution < -0.4 is 5.32 Å². The summed E-state index contributed by atoms with van der Waals surface area (Å²) in [6.07, 6.45) is 1.25. The summed E-state index contributed by atoms with van der Waals surface area (Å²) < 4.78 is 23.9. The van der Waals surface area contributed by atoms with Crippen molar-refractivity contribution in [3.63, 3.8) is 0 Å². The first kappa shape index (κ1) is 11.9. The number of halogens is 2. The zero-order chi connectivity index (χ0) is 10.4. The van der Waals surface area contributed by atoms with E-state index in [0.717, 1.165) is 32.0 Å². The number of alkyl halides is 2. The summed E-state index contributed by atoms with van der Waals surface area (Å²) in [6.45, 7) is 2.93. The molecule has 0 radical (unpaired) electrons. The van der Waals surface area contributed by atoms with Gasteiger partial charge in [0.05, 0.1) is 6.54 Å². The van der Waals surface area contributed by atoms with E-state index in [0.29, 0.717) is 0 Å². The lowest BCUT2D eigenvalue weighted by Gasteiger charge is -2.16. The van der Waals surface area contributed by atoms with Crippen LogP contribution in [0.15, 0.2) is 0 Å². The van der Waals surface area contributed by atoms with E-state index in [1.807, 2.05) is 0 Å². The fourth-order valence-corrected chi connectivity index (χ4v) is 1.94. The van der Waals surface area contributed by atoms with E-state index < -0.39 is 6.43 Å². The second-order valence-electron chi connectivity index (χ2n) is 4.15. The van der Waals surface area contributed by atoms with Crippen LogP contribution in [0.3, 0.4) is 0 Å². The van der Waals surface area contributed by atoms with E-state index in [4.69, 9.17) is 0 Å². The number of nitrogens with zero attached hydrogens (tertiary/aromatic N) is 1. The van der Waals surface area contributed by atoms with Gasteiger partial charge >= 0.3 is 0 Å². The standard InChI is InChI=1S/C10H20F2N2/c1-14(8-10(11)12)6-2-3-9-4-5-13-7-9/h9-10,13H,2-8H2,1H3. The van der Waals surface area contributed by atoms with E-state index in [2.05, 4.69) is 5.32 Å². The van der Waals surface area contributed by atoms with Crippen LogP contribution in [-0.4, -0.2) is 44.6 Å². The van der Waals surface area contributed by atoms with Crippen molar-refractivity contribution < 1.29 is 8.78 Å². The third kappa shape index (κ3) is 4.86. The normalized spacial score (nSPS) is 22.5. The van der Waals surface area contributed by atoms with Gasteiger partial charge in [-0.1, -0.05) is 0 Å². The van der Waals surface area contributed by atoms with Gasteiger partial charge in [0.1, 0.15) is 0 Å². The summed E-state index contributed by atoms with van der Waals surface area (Å²) in [5, 5.41) is 3.31. The first-order chi connectivity index (χ1) is 6.68. The Morgan fingerprint density at radius 1 is 1.50 bits per heavy atom. The molecule has 1 aliphatic rings. The van der Waals surface area contributed by atoms with Gasteiger partial charge in [0.2, 0.25) is 0 Å². The number of rotatable bonds is 6. The highest BCUT2D eigenvalue weighted by molar-refractivity contribution is 4.71. The average Bonchev–Trinajstić information content (AvgIpc) is 2.55. The molecule has 1 N–H and O–H groups in total. The minimum atomic E-state index is -2.20. The van der Waals surface area contributed by atoms with Crippen LogP contribution in [0.1, 0.15) is 19.3 Å². The Balaban J connectivity index is 1.96. The highest BCUT2D eigenvalue weighted by atomic mass is 19.3. The second-order valence-corrected chi connectivity index (χ2v) is 4.15. The Kier molecular flexibility index (Phi) is 5.33. The largest absolute Gasteiger partial charge is 0.316 e. The highest BCUT2D eigenvalue weighted by Gasteiger charge is 2.14. The predicted octanol–water partition coefficient (Wildman–Crippen LogP) is 1.57. The topological polar surface area (TPSA) is 15.3 Å². The van der Waals surface area contributed by atoms with E-state index in [1.165, 1.54) is 12.8 Å². The number of hydrogen-bond donors (Lipinski definition) is 1. The molecule has 0 amide bonds. The molecule has 1 fully saturated rings. The van der Waals surface area contributed by atoms with Gasteiger partial charge in [0.25, 0.3) is 6.43 Å². The molecule has 0 bridgehead atoms. The SMILES string of the molecule is CN(CCCC1CCNC1)CC(F)F. The van der Waals surface area contributed by atoms with Gasteiger partial charge in [0.15, 0.2) is 0 Å². The lowest BCUT2D eigenvalue weighted by atomic mass is 10.0. The Bertz CT molecular complexity index is 147. The quantitative estimate of drug-likeness (QED) is 0.709. The molecular formula is C10H20F2N2. The molecule has 0 aromatic carbocycles. The first-order valence-electron chi connectivity index (χ1n) is 5.36. The number of hydrogen-bond acceptors (Lipinski definition) is 2. The maximum absolute atomic E-state index is 12.0. The third-order valence-electron chi connectivity index (χ3n) is 2.76. The van der Waals surface area contributed by atoms with E-state index >= 15 is 0 Å². The summed E-state index contributed by atoms with van der Waals surface area (Å²) in [7, 11) is 1.76. The summed E-state index contributed by atoms with van der Waals surface area (Å²) in [5.41, 5.74) is 0. The van der Waals surface area contributed by atoms with Crippen LogP contribution in [0.4, 0.5) is 8.78 Å². The van der Waals surface area contributed by atoms with Gasteiger partial charge in [-0.2, -0.15) is 0 Å². The fraction of sp³-hybridized carbons (Fsp3) is 1.00. The Hall–Kier alpha value is -0.220. The monoisotopic (exact) mass is 206 g/mol. The Labute approximate surface area is 84.7 Å². The smallest absolute Gasteiger partial charge is 0.251 e. The molecule has 4 heteroatoms. The maximum Gasteiger partial charge on any atom is 0.251 e. The van der Waals surface area contributed by atoms with Gasteiger partial charge in [-0.05, 0) is 51.9 Å². The van der Waals surface area contributed by atoms with Crippen molar-refractivity contribution >= 4 is 0 Å². The molecular weight excluding hydrogens is 186 g/mol. The van der Waals surface area contributed by atoms with E-state index in [1.54, 1.807) is 11.9 Å². The lowest BCUT2D eigenvalue weighted by Crippen LogP contribution is -2.26. The molecule has 1 aliphatic heterocycles. The van der Waals surface area contributed by atoms with Crippen LogP contribution in [-0.2, 0) is 0 Å². The van der Waals surface area contributed by atoms with E-state index in [9.17, 15) is 8.78 Å². The average molecular weight is 206 g/mol. The molecule has 14 heavy (non-hydrogen) atoms. The van der Waals surface area contributed by atoms with Crippen molar-refractivity contribution in [1.82, 2.24) is 10.2 Å². The Morgan fingerprint density at radius 3 is 2.86 bits per heavy atom. The van der Waals surface area contributed by atoms with Crippen LogP contribution in [0.25, 0.3) is 0 Å². The van der Waals surface area contributed by atoms with E-state index in [-0.39, 0.29) is 6.54 Å². The van der Waals surface area contributed by atoms with Crippen molar-refractivity contribution in [3.8, 4) is 0 Å². The molecule has 1 rings (SSSR count). The molecule has 2 nitrogen and oxygen atoms in total. The first-order valence-corrected chi connectivity index (χ1v) is 5.36. The third-order valence-corrected chi connectivity index (χ3v) is 2.76. The van der Waals surface area contributed by atoms with Crippen LogP contribution >= 0.6 is 0 Å². The molecule has 0 aromatic heterocycles. The molecule has 0 aliphatic carbocycles. The van der Waals surface area contributed by atoms with Crippen molar-refractivity contribution in [1.29, 1.82) is 0 Å².